The Morgan fingerprint density at radius 3 is 2.52 bits per heavy atom. The molecule has 12 heteroatoms. The van der Waals surface area contributed by atoms with Crippen molar-refractivity contribution >= 4 is 21.6 Å². The zero-order chi connectivity index (χ0) is 33.3. The lowest BCUT2D eigenvalue weighted by molar-refractivity contribution is -0.0177. The summed E-state index contributed by atoms with van der Waals surface area (Å²) in [5.74, 6) is -0.738. The summed E-state index contributed by atoms with van der Waals surface area (Å²) in [6.45, 7) is 7.66. The Kier molecular flexibility index (Phi) is 12.5. The quantitative estimate of drug-likeness (QED) is 0.332. The highest BCUT2D eigenvalue weighted by Crippen LogP contribution is 2.29. The normalized spacial score (nSPS) is 20.8. The molecule has 1 amide bonds. The van der Waals surface area contributed by atoms with Gasteiger partial charge in [0.2, 0.25) is 0 Å². The van der Waals surface area contributed by atoms with Crippen LogP contribution >= 0.6 is 0 Å². The lowest BCUT2D eigenvalue weighted by Crippen LogP contribution is -2.47. The van der Waals surface area contributed by atoms with Gasteiger partial charge in [0, 0.05) is 50.2 Å². The molecule has 3 aromatic rings. The van der Waals surface area contributed by atoms with Crippen LogP contribution in [0.25, 0.3) is 0 Å². The van der Waals surface area contributed by atoms with Crippen molar-refractivity contribution in [2.45, 2.75) is 69.7 Å². The molecule has 10 nitrogen and oxygen atoms in total. The van der Waals surface area contributed by atoms with E-state index < -0.39 is 27.8 Å². The van der Waals surface area contributed by atoms with E-state index in [0.717, 1.165) is 37.0 Å². The van der Waals surface area contributed by atoms with E-state index in [1.807, 2.05) is 33.0 Å². The lowest BCUT2D eigenvalue weighted by Gasteiger charge is -2.36. The van der Waals surface area contributed by atoms with E-state index in [4.69, 9.17) is 9.47 Å². The fraction of sp³-hybridized carbons (Fsp3) is 0.471. The number of fused-ring (bicyclic) bond motifs is 1. The monoisotopic (exact) mass is 656 g/mol. The van der Waals surface area contributed by atoms with Crippen LogP contribution in [0.3, 0.4) is 0 Å². The summed E-state index contributed by atoms with van der Waals surface area (Å²) in [6, 6.07) is 12.5. The number of nitrogens with zero attached hydrogens (tertiary/aromatic N) is 3. The molecule has 0 radical (unpaired) electrons. The topological polar surface area (TPSA) is 121 Å². The standard InChI is InChI=1S/C34H45FN4O6S/c1-24-20-39(25(2)23-40)34(41)31-19-29(37-46(42,43)30-11-8-28(35)9-12-30)10-13-32(31)45-26(3)7-5-6-18-44-33(24)22-38(4)21-27-14-16-36-17-15-27/h8-17,19,24-26,33,37,40H,5-7,18,20-23H2,1-4H3/t24-,25+,26-,33-/m1/s1. The Hall–Kier alpha value is -3.58. The first-order chi connectivity index (χ1) is 22.0. The summed E-state index contributed by atoms with van der Waals surface area (Å²) in [4.78, 5) is 22.1. The smallest absolute Gasteiger partial charge is 0.261 e. The number of nitrogens with one attached hydrogen (secondary N) is 1. The maximum atomic E-state index is 14.3. The van der Waals surface area contributed by atoms with Gasteiger partial charge in [0.15, 0.2) is 0 Å². The summed E-state index contributed by atoms with van der Waals surface area (Å²) in [6.07, 6.45) is 5.56. The Bertz CT molecular complexity index is 1530. The van der Waals surface area contributed by atoms with Gasteiger partial charge in [0.25, 0.3) is 15.9 Å². The number of likely N-dealkylation sites (N-methyl/N-ethyl adjacent to an activating group) is 1. The summed E-state index contributed by atoms with van der Waals surface area (Å²) < 4.78 is 54.8. The van der Waals surface area contributed by atoms with Crippen LogP contribution in [0.5, 0.6) is 5.75 Å². The molecule has 0 aliphatic carbocycles. The molecule has 0 bridgehead atoms. The van der Waals surface area contributed by atoms with Crippen LogP contribution in [-0.4, -0.2) is 85.8 Å². The average Bonchev–Trinajstić information content (AvgIpc) is 3.03. The number of benzene rings is 2. The van der Waals surface area contributed by atoms with Crippen molar-refractivity contribution < 1.29 is 32.2 Å². The number of carbonyl (C=O) groups excluding carboxylic acids is 1. The van der Waals surface area contributed by atoms with Crippen LogP contribution in [0, 0.1) is 11.7 Å². The van der Waals surface area contributed by atoms with Crippen LogP contribution < -0.4 is 9.46 Å². The fourth-order valence-corrected chi connectivity index (χ4v) is 6.50. The Balaban J connectivity index is 1.64. The van der Waals surface area contributed by atoms with Crippen LogP contribution in [0.15, 0.2) is 71.9 Å². The van der Waals surface area contributed by atoms with Gasteiger partial charge in [-0.05, 0) is 100 Å². The summed E-state index contributed by atoms with van der Waals surface area (Å²) >= 11 is 0. The molecule has 2 aromatic carbocycles. The fourth-order valence-electron chi connectivity index (χ4n) is 5.45. The molecule has 1 aliphatic rings. The predicted molar refractivity (Wildman–Crippen MR) is 175 cm³/mol. The molecular weight excluding hydrogens is 611 g/mol. The number of aromatic nitrogens is 1. The summed E-state index contributed by atoms with van der Waals surface area (Å²) in [5.41, 5.74) is 1.45. The summed E-state index contributed by atoms with van der Waals surface area (Å²) in [7, 11) is -2.03. The molecular formula is C34H45FN4O6S. The number of aliphatic hydroxyl groups is 1. The molecule has 0 fully saturated rings. The molecule has 4 atom stereocenters. The van der Waals surface area contributed by atoms with Gasteiger partial charge in [-0.15, -0.1) is 0 Å². The van der Waals surface area contributed by atoms with Gasteiger partial charge in [-0.25, -0.2) is 12.8 Å². The molecule has 2 N–H and O–H groups in total. The molecule has 0 spiro atoms. The van der Waals surface area contributed by atoms with E-state index in [1.54, 1.807) is 30.3 Å². The molecule has 250 valence electrons. The first-order valence-electron chi connectivity index (χ1n) is 15.7. The molecule has 1 aromatic heterocycles. The number of pyridine rings is 1. The van der Waals surface area contributed by atoms with E-state index in [-0.39, 0.29) is 47.4 Å². The molecule has 0 saturated carbocycles. The van der Waals surface area contributed by atoms with Crippen LogP contribution in [0.4, 0.5) is 10.1 Å². The maximum Gasteiger partial charge on any atom is 0.261 e. The van der Waals surface area contributed by atoms with Crippen molar-refractivity contribution in [1.82, 2.24) is 14.8 Å². The maximum absolute atomic E-state index is 14.3. The number of hydrogen-bond donors (Lipinski definition) is 2. The van der Waals surface area contributed by atoms with Crippen LogP contribution in [-0.2, 0) is 21.3 Å². The third-order valence-corrected chi connectivity index (χ3v) is 9.52. The largest absolute Gasteiger partial charge is 0.490 e. The van der Waals surface area contributed by atoms with E-state index in [1.165, 1.54) is 24.3 Å². The van der Waals surface area contributed by atoms with Gasteiger partial charge in [0.05, 0.1) is 35.3 Å². The SMILES string of the molecule is C[C@@H]1CCCCO[C@H](CN(C)Cc2ccncc2)[C@H](C)CN([C@@H](C)CO)C(=O)c2cc(NS(=O)(=O)c3ccc(F)cc3)ccc2O1. The van der Waals surface area contributed by atoms with Gasteiger partial charge in [-0.3, -0.25) is 19.4 Å². The number of ether oxygens (including phenoxy) is 2. The first-order valence-corrected chi connectivity index (χ1v) is 17.1. The molecule has 0 saturated heterocycles. The van der Waals surface area contributed by atoms with Crippen LogP contribution in [0.2, 0.25) is 0 Å². The second-order valence-electron chi connectivity index (χ2n) is 12.1. The van der Waals surface area contributed by atoms with Crippen molar-refractivity contribution in [3.63, 3.8) is 0 Å². The van der Waals surface area contributed by atoms with Crippen molar-refractivity contribution in [3.05, 3.63) is 83.9 Å². The van der Waals surface area contributed by atoms with Crippen LogP contribution in [0.1, 0.15) is 56.0 Å². The average molecular weight is 657 g/mol. The third-order valence-electron chi connectivity index (χ3n) is 8.12. The van der Waals surface area contributed by atoms with E-state index >= 15 is 0 Å². The second kappa shape index (κ2) is 16.3. The number of halogens is 1. The second-order valence-corrected chi connectivity index (χ2v) is 13.8. The van der Waals surface area contributed by atoms with Gasteiger partial charge >= 0.3 is 0 Å². The third kappa shape index (κ3) is 9.71. The summed E-state index contributed by atoms with van der Waals surface area (Å²) in [5, 5.41) is 10.2. The van der Waals surface area contributed by atoms with E-state index in [2.05, 4.69) is 14.6 Å². The van der Waals surface area contributed by atoms with E-state index in [9.17, 15) is 22.7 Å². The molecule has 1 aliphatic heterocycles. The van der Waals surface area contributed by atoms with Gasteiger partial charge < -0.3 is 19.5 Å². The predicted octanol–water partition coefficient (Wildman–Crippen LogP) is 4.95. The molecule has 2 heterocycles. The number of amides is 1. The Morgan fingerprint density at radius 1 is 1.11 bits per heavy atom. The Morgan fingerprint density at radius 2 is 1.83 bits per heavy atom. The highest BCUT2D eigenvalue weighted by molar-refractivity contribution is 7.92. The number of aliphatic hydroxyl groups excluding tert-OH is 1. The molecule has 0 unspecified atom stereocenters. The number of rotatable bonds is 9. The highest BCUT2D eigenvalue weighted by atomic mass is 32.2. The minimum absolute atomic E-state index is 0.107. The van der Waals surface area contributed by atoms with Gasteiger partial charge in [-0.1, -0.05) is 6.92 Å². The minimum Gasteiger partial charge on any atom is -0.490 e. The molecule has 4 rings (SSSR count). The lowest BCUT2D eigenvalue weighted by atomic mass is 10.0. The zero-order valence-corrected chi connectivity index (χ0v) is 27.7. The van der Waals surface area contributed by atoms with E-state index in [0.29, 0.717) is 25.4 Å². The minimum atomic E-state index is -4.07. The number of carbonyl (C=O) groups is 1. The van der Waals surface area contributed by atoms with Gasteiger partial charge in [0.1, 0.15) is 11.6 Å². The van der Waals surface area contributed by atoms with Gasteiger partial charge in [-0.2, -0.15) is 0 Å². The highest BCUT2D eigenvalue weighted by Gasteiger charge is 2.30. The Labute approximate surface area is 271 Å². The number of sulfonamides is 1. The van der Waals surface area contributed by atoms with Crippen molar-refractivity contribution in [2.75, 3.05) is 38.1 Å². The first kappa shape index (κ1) is 35.3. The van der Waals surface area contributed by atoms with Crippen molar-refractivity contribution in [3.8, 4) is 5.75 Å². The zero-order valence-electron chi connectivity index (χ0n) is 26.9. The molecule has 46 heavy (non-hydrogen) atoms. The van der Waals surface area contributed by atoms with Crippen molar-refractivity contribution in [2.24, 2.45) is 5.92 Å². The number of hydrogen-bond acceptors (Lipinski definition) is 8. The van der Waals surface area contributed by atoms with Crippen molar-refractivity contribution in [1.29, 1.82) is 0 Å². The number of anilines is 1.